The SMILES string of the molecule is CN(C)c1ncc(-c2ccc(CNCC3CCN(c4nccc(/C=C5\SC(=O)NC5=O)n4)CC3)cn2)cn1. The minimum Gasteiger partial charge on any atom is -0.347 e. The van der Waals surface area contributed by atoms with Gasteiger partial charge in [-0.05, 0) is 60.8 Å². The monoisotopic (exact) mass is 531 g/mol. The Kier molecular flexibility index (Phi) is 7.89. The van der Waals surface area contributed by atoms with Crippen LogP contribution in [0.4, 0.5) is 16.7 Å². The number of aromatic nitrogens is 5. The molecule has 38 heavy (non-hydrogen) atoms. The van der Waals surface area contributed by atoms with Gasteiger partial charge in [0.15, 0.2) is 0 Å². The highest BCUT2D eigenvalue weighted by atomic mass is 32.2. The van der Waals surface area contributed by atoms with Crippen molar-refractivity contribution in [1.82, 2.24) is 35.6 Å². The first-order valence-electron chi connectivity index (χ1n) is 12.4. The van der Waals surface area contributed by atoms with Gasteiger partial charge in [0.25, 0.3) is 11.1 Å². The van der Waals surface area contributed by atoms with Gasteiger partial charge >= 0.3 is 0 Å². The van der Waals surface area contributed by atoms with Crippen molar-refractivity contribution in [2.24, 2.45) is 5.92 Å². The second-order valence-electron chi connectivity index (χ2n) is 9.41. The molecule has 0 atom stereocenters. The summed E-state index contributed by atoms with van der Waals surface area (Å²) in [6, 6.07) is 5.82. The maximum atomic E-state index is 11.8. The molecule has 12 heteroatoms. The van der Waals surface area contributed by atoms with Crippen molar-refractivity contribution in [3.63, 3.8) is 0 Å². The highest BCUT2D eigenvalue weighted by Gasteiger charge is 2.25. The lowest BCUT2D eigenvalue weighted by Crippen LogP contribution is -2.38. The second kappa shape index (κ2) is 11.7. The summed E-state index contributed by atoms with van der Waals surface area (Å²) in [5.74, 6) is 1.51. The molecule has 5 heterocycles. The molecule has 11 nitrogen and oxygen atoms in total. The molecular weight excluding hydrogens is 502 g/mol. The van der Waals surface area contributed by atoms with E-state index in [2.05, 4.69) is 46.5 Å². The average Bonchev–Trinajstić information content (AvgIpc) is 3.25. The van der Waals surface area contributed by atoms with Crippen molar-refractivity contribution >= 4 is 40.9 Å². The number of piperidine rings is 1. The number of nitrogens with zero attached hydrogens (tertiary/aromatic N) is 7. The average molecular weight is 532 g/mol. The van der Waals surface area contributed by atoms with Gasteiger partial charge in [-0.3, -0.25) is 19.9 Å². The molecule has 2 fully saturated rings. The first-order chi connectivity index (χ1) is 18.4. The number of hydrogen-bond donors (Lipinski definition) is 2. The first kappa shape index (κ1) is 25.7. The number of anilines is 2. The van der Waals surface area contributed by atoms with Crippen LogP contribution in [0.5, 0.6) is 0 Å². The maximum Gasteiger partial charge on any atom is 0.290 e. The molecule has 0 spiro atoms. The van der Waals surface area contributed by atoms with Crippen molar-refractivity contribution in [3.8, 4) is 11.3 Å². The van der Waals surface area contributed by atoms with E-state index < -0.39 is 0 Å². The number of rotatable bonds is 8. The van der Waals surface area contributed by atoms with Gasteiger partial charge in [0.2, 0.25) is 11.9 Å². The van der Waals surface area contributed by atoms with Gasteiger partial charge in [0.05, 0.1) is 16.3 Å². The van der Waals surface area contributed by atoms with Crippen molar-refractivity contribution in [2.75, 3.05) is 43.5 Å². The van der Waals surface area contributed by atoms with E-state index in [1.165, 1.54) is 0 Å². The van der Waals surface area contributed by atoms with Crippen LogP contribution in [0.1, 0.15) is 24.1 Å². The first-order valence-corrected chi connectivity index (χ1v) is 13.2. The maximum absolute atomic E-state index is 11.8. The van der Waals surface area contributed by atoms with Crippen LogP contribution in [0.15, 0.2) is 47.9 Å². The number of nitrogens with one attached hydrogen (secondary N) is 2. The van der Waals surface area contributed by atoms with Crippen LogP contribution in [-0.4, -0.2) is 69.8 Å². The predicted molar refractivity (Wildman–Crippen MR) is 147 cm³/mol. The fourth-order valence-corrected chi connectivity index (χ4v) is 4.96. The Morgan fingerprint density at radius 2 is 1.87 bits per heavy atom. The van der Waals surface area contributed by atoms with Crippen LogP contribution in [0, 0.1) is 5.92 Å². The van der Waals surface area contributed by atoms with E-state index in [9.17, 15) is 9.59 Å². The number of imide groups is 1. The van der Waals surface area contributed by atoms with Crippen molar-refractivity contribution in [1.29, 1.82) is 0 Å². The van der Waals surface area contributed by atoms with E-state index in [0.29, 0.717) is 28.4 Å². The minimum absolute atomic E-state index is 0.349. The molecule has 2 saturated heterocycles. The van der Waals surface area contributed by atoms with Crippen molar-refractivity contribution in [3.05, 3.63) is 59.1 Å². The summed E-state index contributed by atoms with van der Waals surface area (Å²) in [6.45, 7) is 3.43. The fraction of sp³-hybridized carbons (Fsp3) is 0.346. The fourth-order valence-electron chi connectivity index (χ4n) is 4.29. The van der Waals surface area contributed by atoms with Crippen LogP contribution in [0.2, 0.25) is 0 Å². The molecule has 2 N–H and O–H groups in total. The third-order valence-corrected chi connectivity index (χ3v) is 7.21. The molecule has 0 radical (unpaired) electrons. The van der Waals surface area contributed by atoms with Gasteiger partial charge in [-0.1, -0.05) is 6.07 Å². The normalized spacial score (nSPS) is 17.2. The van der Waals surface area contributed by atoms with E-state index in [0.717, 1.165) is 67.6 Å². The lowest BCUT2D eigenvalue weighted by atomic mass is 9.97. The third kappa shape index (κ3) is 6.32. The summed E-state index contributed by atoms with van der Waals surface area (Å²) >= 11 is 0.887. The topological polar surface area (TPSA) is 129 Å². The smallest absolute Gasteiger partial charge is 0.290 e. The Hall–Kier alpha value is -3.90. The van der Waals surface area contributed by atoms with Crippen molar-refractivity contribution < 1.29 is 9.59 Å². The summed E-state index contributed by atoms with van der Waals surface area (Å²) < 4.78 is 0. The Labute approximate surface area is 225 Å². The summed E-state index contributed by atoms with van der Waals surface area (Å²) in [4.78, 5) is 49.9. The number of amides is 2. The van der Waals surface area contributed by atoms with Crippen LogP contribution in [0.25, 0.3) is 17.3 Å². The van der Waals surface area contributed by atoms with Crippen LogP contribution in [0.3, 0.4) is 0 Å². The highest BCUT2D eigenvalue weighted by Crippen LogP contribution is 2.26. The molecule has 5 rings (SSSR count). The molecule has 3 aromatic heterocycles. The lowest BCUT2D eigenvalue weighted by Gasteiger charge is -2.32. The number of thioether (sulfide) groups is 1. The molecule has 2 aliphatic heterocycles. The van der Waals surface area contributed by atoms with E-state index in [1.807, 2.05) is 31.3 Å². The van der Waals surface area contributed by atoms with Crippen LogP contribution >= 0.6 is 11.8 Å². The Bertz CT molecular complexity index is 1320. The molecule has 0 aromatic carbocycles. The Balaban J connectivity index is 1.08. The van der Waals surface area contributed by atoms with Gasteiger partial charge in [-0.15, -0.1) is 0 Å². The summed E-state index contributed by atoms with van der Waals surface area (Å²) in [7, 11) is 3.82. The Morgan fingerprint density at radius 1 is 1.08 bits per heavy atom. The zero-order valence-electron chi connectivity index (χ0n) is 21.3. The molecule has 2 aliphatic rings. The molecule has 0 bridgehead atoms. The standard InChI is InChI=1S/C26H29N9O2S/c1-34(2)24-30-15-19(16-31-24)21-4-3-18(14-29-21)13-27-12-17-6-9-35(10-7-17)25-28-8-5-20(32-25)11-22-23(36)33-26(37)38-22/h3-5,8,11,14-17,27H,6-7,9-10,12-13H2,1-2H3,(H,33,36,37)/b22-11-. The summed E-state index contributed by atoms with van der Waals surface area (Å²) in [5.41, 5.74) is 3.50. The number of hydrogen-bond acceptors (Lipinski definition) is 11. The quantitative estimate of drug-likeness (QED) is 0.416. The van der Waals surface area contributed by atoms with Crippen LogP contribution < -0.4 is 20.4 Å². The van der Waals surface area contributed by atoms with E-state index in [4.69, 9.17) is 0 Å². The minimum atomic E-state index is -0.385. The highest BCUT2D eigenvalue weighted by molar-refractivity contribution is 8.18. The van der Waals surface area contributed by atoms with Gasteiger partial charge in [0.1, 0.15) is 0 Å². The number of pyridine rings is 1. The molecule has 196 valence electrons. The molecular formula is C26H29N9O2S. The van der Waals surface area contributed by atoms with Gasteiger partial charge in [-0.2, -0.15) is 0 Å². The van der Waals surface area contributed by atoms with E-state index in [1.54, 1.807) is 30.7 Å². The van der Waals surface area contributed by atoms with Crippen molar-refractivity contribution in [2.45, 2.75) is 19.4 Å². The molecule has 0 unspecified atom stereocenters. The number of carbonyl (C=O) groups excluding carboxylic acids is 2. The lowest BCUT2D eigenvalue weighted by molar-refractivity contribution is -0.115. The van der Waals surface area contributed by atoms with Gasteiger partial charge in [-0.25, -0.2) is 19.9 Å². The largest absolute Gasteiger partial charge is 0.347 e. The van der Waals surface area contributed by atoms with Gasteiger partial charge in [0, 0.05) is 64.1 Å². The zero-order valence-corrected chi connectivity index (χ0v) is 22.1. The summed E-state index contributed by atoms with van der Waals surface area (Å²) in [5, 5.41) is 5.47. The molecule has 2 amide bonds. The van der Waals surface area contributed by atoms with Gasteiger partial charge < -0.3 is 15.1 Å². The second-order valence-corrected chi connectivity index (χ2v) is 10.4. The Morgan fingerprint density at radius 3 is 2.53 bits per heavy atom. The third-order valence-electron chi connectivity index (χ3n) is 6.40. The van der Waals surface area contributed by atoms with Crippen LogP contribution in [-0.2, 0) is 11.3 Å². The molecule has 3 aromatic rings. The predicted octanol–water partition coefficient (Wildman–Crippen LogP) is 2.72. The zero-order chi connectivity index (χ0) is 26.5. The molecule has 0 saturated carbocycles. The summed E-state index contributed by atoms with van der Waals surface area (Å²) in [6.07, 6.45) is 10.9. The van der Waals surface area contributed by atoms with E-state index in [-0.39, 0.29) is 11.1 Å². The number of carbonyl (C=O) groups is 2. The van der Waals surface area contributed by atoms with E-state index >= 15 is 0 Å². The molecule has 0 aliphatic carbocycles.